The van der Waals surface area contributed by atoms with Crippen molar-refractivity contribution in [3.8, 4) is 11.6 Å². The molecule has 110 valence electrons. The summed E-state index contributed by atoms with van der Waals surface area (Å²) < 4.78 is 6.56. The fourth-order valence-electron chi connectivity index (χ4n) is 1.77. The van der Waals surface area contributed by atoms with E-state index >= 15 is 0 Å². The molecule has 4 nitrogen and oxygen atoms in total. The summed E-state index contributed by atoms with van der Waals surface area (Å²) in [5.41, 5.74) is 1.26. The molecule has 6 heteroatoms. The number of carbonyl (C=O) groups excluding carboxylic acids is 1. The average Bonchev–Trinajstić information content (AvgIpc) is 3.01. The van der Waals surface area contributed by atoms with Gasteiger partial charge >= 0.3 is 0 Å². The van der Waals surface area contributed by atoms with Crippen LogP contribution in [0.2, 0.25) is 0 Å². The number of aromatic nitrogens is 1. The van der Waals surface area contributed by atoms with Crippen LogP contribution in [0.15, 0.2) is 63.9 Å². The van der Waals surface area contributed by atoms with Crippen molar-refractivity contribution >= 4 is 38.9 Å². The molecule has 0 aliphatic rings. The molecule has 3 aromatic rings. The van der Waals surface area contributed by atoms with Gasteiger partial charge in [0.1, 0.15) is 5.75 Å². The minimum absolute atomic E-state index is 0.195. The molecule has 0 atom stereocenters. The van der Waals surface area contributed by atoms with E-state index in [1.165, 1.54) is 17.5 Å². The lowest BCUT2D eigenvalue weighted by molar-refractivity contribution is 0.102. The number of hydrogen-bond acceptors (Lipinski definition) is 4. The maximum atomic E-state index is 12.0. The minimum atomic E-state index is -0.195. The second kappa shape index (κ2) is 6.72. The summed E-state index contributed by atoms with van der Waals surface area (Å²) in [4.78, 5) is 16.2. The first-order valence-electron chi connectivity index (χ1n) is 6.44. The molecule has 0 radical (unpaired) electrons. The van der Waals surface area contributed by atoms with Crippen molar-refractivity contribution in [2.75, 3.05) is 5.32 Å². The number of hydrogen-bond donors (Lipinski definition) is 1. The number of anilines is 1. The number of nitrogens with one attached hydrogen (secondary N) is 1. The minimum Gasteiger partial charge on any atom is -0.439 e. The molecule has 0 aliphatic heterocycles. The Morgan fingerprint density at radius 1 is 1.23 bits per heavy atom. The molecule has 0 aliphatic carbocycles. The Morgan fingerprint density at radius 2 is 2.14 bits per heavy atom. The Bertz CT molecular complexity index is 773. The third kappa shape index (κ3) is 3.72. The summed E-state index contributed by atoms with van der Waals surface area (Å²) in [5, 5.41) is 6.58. The van der Waals surface area contributed by atoms with Crippen LogP contribution in [0.5, 0.6) is 11.6 Å². The molecule has 1 aromatic carbocycles. The lowest BCUT2D eigenvalue weighted by atomic mass is 10.2. The molecule has 0 unspecified atom stereocenters. The van der Waals surface area contributed by atoms with E-state index in [9.17, 15) is 4.79 Å². The van der Waals surface area contributed by atoms with Crippen molar-refractivity contribution < 1.29 is 9.53 Å². The zero-order valence-corrected chi connectivity index (χ0v) is 13.7. The monoisotopic (exact) mass is 374 g/mol. The van der Waals surface area contributed by atoms with E-state index in [0.29, 0.717) is 17.2 Å². The normalized spacial score (nSPS) is 10.2. The summed E-state index contributed by atoms with van der Waals surface area (Å²) in [6.45, 7) is 0. The SMILES string of the molecule is O=C(Nc1ccsc1)c1ccc(Oc2cccc(Br)c2)nc1. The van der Waals surface area contributed by atoms with Gasteiger partial charge in [0.2, 0.25) is 5.88 Å². The highest BCUT2D eigenvalue weighted by Gasteiger charge is 2.08. The third-order valence-electron chi connectivity index (χ3n) is 2.80. The molecule has 0 saturated carbocycles. The summed E-state index contributed by atoms with van der Waals surface area (Å²) >= 11 is 4.91. The Morgan fingerprint density at radius 3 is 2.82 bits per heavy atom. The zero-order valence-electron chi connectivity index (χ0n) is 11.3. The Kier molecular flexibility index (Phi) is 4.50. The van der Waals surface area contributed by atoms with Gasteiger partial charge in [-0.2, -0.15) is 11.3 Å². The van der Waals surface area contributed by atoms with Gasteiger partial charge in [0.05, 0.1) is 11.3 Å². The van der Waals surface area contributed by atoms with Crippen LogP contribution in [-0.4, -0.2) is 10.9 Å². The van der Waals surface area contributed by atoms with Crippen LogP contribution in [0.4, 0.5) is 5.69 Å². The first-order valence-corrected chi connectivity index (χ1v) is 8.17. The first kappa shape index (κ1) is 14.7. The number of amides is 1. The molecule has 1 amide bonds. The largest absolute Gasteiger partial charge is 0.439 e. The maximum Gasteiger partial charge on any atom is 0.257 e. The van der Waals surface area contributed by atoms with Crippen molar-refractivity contribution in [2.45, 2.75) is 0 Å². The second-order valence-electron chi connectivity index (χ2n) is 4.41. The Labute approximate surface area is 139 Å². The predicted molar refractivity (Wildman–Crippen MR) is 90.7 cm³/mol. The van der Waals surface area contributed by atoms with Gasteiger partial charge in [0, 0.05) is 22.1 Å². The van der Waals surface area contributed by atoms with E-state index < -0.39 is 0 Å². The third-order valence-corrected chi connectivity index (χ3v) is 3.97. The summed E-state index contributed by atoms with van der Waals surface area (Å²) in [6.07, 6.45) is 1.50. The van der Waals surface area contributed by atoms with Gasteiger partial charge in [0.15, 0.2) is 0 Å². The maximum absolute atomic E-state index is 12.0. The van der Waals surface area contributed by atoms with Crippen molar-refractivity contribution in [2.24, 2.45) is 0 Å². The van der Waals surface area contributed by atoms with Crippen molar-refractivity contribution in [3.05, 3.63) is 69.5 Å². The highest BCUT2D eigenvalue weighted by Crippen LogP contribution is 2.23. The van der Waals surface area contributed by atoms with Crippen molar-refractivity contribution in [3.63, 3.8) is 0 Å². The lowest BCUT2D eigenvalue weighted by Crippen LogP contribution is -2.11. The number of thiophene rings is 1. The number of carbonyl (C=O) groups is 1. The van der Waals surface area contributed by atoms with Crippen LogP contribution in [0.25, 0.3) is 0 Å². The van der Waals surface area contributed by atoms with E-state index in [1.807, 2.05) is 41.1 Å². The van der Waals surface area contributed by atoms with Crippen LogP contribution < -0.4 is 10.1 Å². The standard InChI is InChI=1S/C16H11BrN2O2S/c17-12-2-1-3-14(8-12)21-15-5-4-11(9-18-15)16(20)19-13-6-7-22-10-13/h1-10H,(H,19,20). The number of nitrogens with zero attached hydrogens (tertiary/aromatic N) is 1. The van der Waals surface area contributed by atoms with Gasteiger partial charge in [0.25, 0.3) is 5.91 Å². The van der Waals surface area contributed by atoms with Gasteiger partial charge in [-0.15, -0.1) is 0 Å². The molecule has 0 saturated heterocycles. The average molecular weight is 375 g/mol. The molecular weight excluding hydrogens is 364 g/mol. The van der Waals surface area contributed by atoms with E-state index in [-0.39, 0.29) is 5.91 Å². The second-order valence-corrected chi connectivity index (χ2v) is 6.11. The smallest absolute Gasteiger partial charge is 0.257 e. The van der Waals surface area contributed by atoms with E-state index in [2.05, 4.69) is 26.2 Å². The molecule has 0 spiro atoms. The van der Waals surface area contributed by atoms with Crippen LogP contribution in [0, 0.1) is 0 Å². The van der Waals surface area contributed by atoms with Crippen LogP contribution in [0.1, 0.15) is 10.4 Å². The topological polar surface area (TPSA) is 51.2 Å². The van der Waals surface area contributed by atoms with Gasteiger partial charge in [-0.05, 0) is 35.7 Å². The quantitative estimate of drug-likeness (QED) is 0.702. The number of ether oxygens (including phenoxy) is 1. The molecule has 1 N–H and O–H groups in total. The molecule has 0 fully saturated rings. The summed E-state index contributed by atoms with van der Waals surface area (Å²) in [5.74, 6) is 0.919. The molecule has 0 bridgehead atoms. The van der Waals surface area contributed by atoms with E-state index in [0.717, 1.165) is 10.2 Å². The van der Waals surface area contributed by atoms with Crippen molar-refractivity contribution in [1.82, 2.24) is 4.98 Å². The van der Waals surface area contributed by atoms with Gasteiger partial charge < -0.3 is 10.1 Å². The summed E-state index contributed by atoms with van der Waals surface area (Å²) in [6, 6.07) is 12.7. The van der Waals surface area contributed by atoms with Gasteiger partial charge in [-0.3, -0.25) is 4.79 Å². The fraction of sp³-hybridized carbons (Fsp3) is 0. The van der Waals surface area contributed by atoms with Crippen LogP contribution in [-0.2, 0) is 0 Å². The number of halogens is 1. The Hall–Kier alpha value is -2.18. The van der Waals surface area contributed by atoms with E-state index in [4.69, 9.17) is 4.74 Å². The summed E-state index contributed by atoms with van der Waals surface area (Å²) in [7, 11) is 0. The lowest BCUT2D eigenvalue weighted by Gasteiger charge is -2.06. The molecule has 2 heterocycles. The van der Waals surface area contributed by atoms with Gasteiger partial charge in [-0.1, -0.05) is 22.0 Å². The number of rotatable bonds is 4. The molecule has 2 aromatic heterocycles. The number of pyridine rings is 1. The highest BCUT2D eigenvalue weighted by molar-refractivity contribution is 9.10. The number of benzene rings is 1. The van der Waals surface area contributed by atoms with Gasteiger partial charge in [-0.25, -0.2) is 4.98 Å². The van der Waals surface area contributed by atoms with E-state index in [1.54, 1.807) is 12.1 Å². The molecule has 3 rings (SSSR count). The molecule has 22 heavy (non-hydrogen) atoms. The van der Waals surface area contributed by atoms with Crippen molar-refractivity contribution in [1.29, 1.82) is 0 Å². The molecular formula is C16H11BrN2O2S. The predicted octanol–water partition coefficient (Wildman–Crippen LogP) is 4.95. The van der Waals surface area contributed by atoms with Crippen LogP contribution in [0.3, 0.4) is 0 Å². The fourth-order valence-corrected chi connectivity index (χ4v) is 2.73. The highest BCUT2D eigenvalue weighted by atomic mass is 79.9. The van der Waals surface area contributed by atoms with Crippen LogP contribution >= 0.6 is 27.3 Å². The zero-order chi connectivity index (χ0) is 15.4. The Balaban J connectivity index is 1.68. The first-order chi connectivity index (χ1) is 10.7.